The molecule has 154 valence electrons. The molecule has 2 aromatic rings. The second-order valence-electron chi connectivity index (χ2n) is 7.07. The van der Waals surface area contributed by atoms with Gasteiger partial charge in [-0.2, -0.15) is 0 Å². The number of benzene rings is 2. The minimum Gasteiger partial charge on any atom is -0.324 e. The molecule has 0 unspecified atom stereocenters. The van der Waals surface area contributed by atoms with E-state index in [2.05, 4.69) is 15.3 Å². The number of amides is 2. The highest BCUT2D eigenvalue weighted by atomic mass is 35.5. The van der Waals surface area contributed by atoms with Gasteiger partial charge in [-0.05, 0) is 37.6 Å². The summed E-state index contributed by atoms with van der Waals surface area (Å²) >= 11 is 7.38. The van der Waals surface area contributed by atoms with Crippen LogP contribution >= 0.6 is 23.4 Å². The molecule has 0 radical (unpaired) electrons. The minimum absolute atomic E-state index is 0.0914. The molecule has 0 bridgehead atoms. The summed E-state index contributed by atoms with van der Waals surface area (Å²) in [5.41, 5.74) is 2.13. The van der Waals surface area contributed by atoms with Crippen LogP contribution in [0.1, 0.15) is 32.3 Å². The van der Waals surface area contributed by atoms with Gasteiger partial charge < -0.3 is 5.32 Å². The predicted octanol–water partition coefficient (Wildman–Crippen LogP) is 4.86. The fourth-order valence-corrected chi connectivity index (χ4v) is 4.45. The average molecular weight is 441 g/mol. The molecule has 2 amide bonds. The van der Waals surface area contributed by atoms with E-state index in [9.17, 15) is 9.59 Å². The van der Waals surface area contributed by atoms with Gasteiger partial charge in [0.05, 0.1) is 21.6 Å². The third-order valence-corrected chi connectivity index (χ3v) is 6.27. The summed E-state index contributed by atoms with van der Waals surface area (Å²) in [6.07, 6.45) is 1.54. The molecule has 2 aromatic carbocycles. The normalized spacial score (nSPS) is 18.3. The molecule has 2 aliphatic heterocycles. The Labute approximate surface area is 184 Å². The van der Waals surface area contributed by atoms with E-state index in [4.69, 9.17) is 11.6 Å². The molecule has 0 fully saturated rings. The molecule has 0 aromatic heterocycles. The second-order valence-corrected chi connectivity index (χ2v) is 8.79. The lowest BCUT2D eigenvalue weighted by molar-refractivity contribution is -0.124. The zero-order valence-corrected chi connectivity index (χ0v) is 18.2. The maximum absolute atomic E-state index is 13.0. The lowest BCUT2D eigenvalue weighted by Crippen LogP contribution is -2.42. The molecule has 0 saturated heterocycles. The number of thioether (sulfide) groups is 1. The van der Waals surface area contributed by atoms with Gasteiger partial charge in [0, 0.05) is 5.56 Å². The Morgan fingerprint density at radius 1 is 1.23 bits per heavy atom. The van der Waals surface area contributed by atoms with Crippen LogP contribution in [-0.4, -0.2) is 39.0 Å². The molecule has 0 aliphatic carbocycles. The van der Waals surface area contributed by atoms with E-state index in [0.717, 1.165) is 17.7 Å². The van der Waals surface area contributed by atoms with Crippen molar-refractivity contribution in [2.75, 3.05) is 5.32 Å². The zero-order valence-electron chi connectivity index (χ0n) is 16.6. The van der Waals surface area contributed by atoms with E-state index < -0.39 is 11.3 Å². The van der Waals surface area contributed by atoms with Crippen LogP contribution in [0.3, 0.4) is 0 Å². The van der Waals surface area contributed by atoms with Crippen LogP contribution in [0, 0.1) is 0 Å². The third-order valence-electron chi connectivity index (χ3n) is 4.89. The van der Waals surface area contributed by atoms with Gasteiger partial charge in [0.25, 0.3) is 5.91 Å². The molecule has 0 saturated carbocycles. The van der Waals surface area contributed by atoms with E-state index in [1.165, 1.54) is 11.8 Å². The van der Waals surface area contributed by atoms with E-state index >= 15 is 0 Å². The van der Waals surface area contributed by atoms with E-state index in [-0.39, 0.29) is 11.8 Å². The van der Waals surface area contributed by atoms with E-state index in [1.807, 2.05) is 31.2 Å². The van der Waals surface area contributed by atoms with Crippen molar-refractivity contribution in [2.24, 2.45) is 9.98 Å². The Morgan fingerprint density at radius 3 is 2.73 bits per heavy atom. The molecule has 0 spiro atoms. The fourth-order valence-electron chi connectivity index (χ4n) is 3.35. The number of para-hydroxylation sites is 2. The summed E-state index contributed by atoms with van der Waals surface area (Å²) in [5, 5.41) is 3.28. The van der Waals surface area contributed by atoms with Gasteiger partial charge >= 0.3 is 0 Å². The van der Waals surface area contributed by atoms with Crippen molar-refractivity contribution in [3.63, 3.8) is 0 Å². The van der Waals surface area contributed by atoms with Crippen LogP contribution in [0.5, 0.6) is 0 Å². The van der Waals surface area contributed by atoms with Crippen molar-refractivity contribution in [3.05, 3.63) is 59.1 Å². The molecule has 4 rings (SSSR count). The molecular weight excluding hydrogens is 420 g/mol. The van der Waals surface area contributed by atoms with Crippen molar-refractivity contribution < 1.29 is 9.59 Å². The van der Waals surface area contributed by atoms with Crippen molar-refractivity contribution in [2.45, 2.75) is 38.0 Å². The standard InChI is InChI=1S/C22H21ClN4O2S/c1-3-8-18-21(29)27-19(24-18)14-9-4-6-11-16(14)26-22(27)30-13(2)20(28)25-17-12-7-5-10-15(17)23/h4-7,9-13,18H,3,8H2,1-2H3,(H,25,28)/t13-,18+/m1/s1. The SMILES string of the molecule is CCC[C@@H]1N=C2c3ccccc3N=C(S[C@H](C)C(=O)Nc3ccccc3Cl)N2C1=O. The Kier molecular flexibility index (Phi) is 5.92. The lowest BCUT2D eigenvalue weighted by Gasteiger charge is -2.27. The summed E-state index contributed by atoms with van der Waals surface area (Å²) in [5.74, 6) is 0.307. The summed E-state index contributed by atoms with van der Waals surface area (Å²) in [7, 11) is 0. The largest absolute Gasteiger partial charge is 0.324 e. The van der Waals surface area contributed by atoms with Crippen molar-refractivity contribution in [1.82, 2.24) is 4.90 Å². The van der Waals surface area contributed by atoms with Crippen LogP contribution in [0.4, 0.5) is 11.4 Å². The molecule has 2 aliphatic rings. The number of rotatable bonds is 5. The monoisotopic (exact) mass is 440 g/mol. The summed E-state index contributed by atoms with van der Waals surface area (Å²) < 4.78 is 0. The first kappa shape index (κ1) is 20.6. The van der Waals surface area contributed by atoms with Gasteiger partial charge in [-0.15, -0.1) is 0 Å². The molecule has 2 atom stereocenters. The van der Waals surface area contributed by atoms with Gasteiger partial charge in [0.2, 0.25) is 5.91 Å². The number of nitrogens with one attached hydrogen (secondary N) is 1. The number of hydrogen-bond acceptors (Lipinski definition) is 5. The number of carbonyl (C=O) groups excluding carboxylic acids is 2. The van der Waals surface area contributed by atoms with E-state index in [1.54, 1.807) is 36.1 Å². The first-order valence-electron chi connectivity index (χ1n) is 9.81. The van der Waals surface area contributed by atoms with Crippen LogP contribution in [0.15, 0.2) is 58.5 Å². The fraction of sp³-hybridized carbons (Fsp3) is 0.273. The van der Waals surface area contributed by atoms with Gasteiger partial charge in [-0.25, -0.2) is 9.89 Å². The molecule has 1 N–H and O–H groups in total. The molecule has 6 nitrogen and oxygen atoms in total. The predicted molar refractivity (Wildman–Crippen MR) is 123 cm³/mol. The summed E-state index contributed by atoms with van der Waals surface area (Å²) in [6.45, 7) is 3.81. The number of fused-ring (bicyclic) bond motifs is 3. The maximum atomic E-state index is 13.0. The Morgan fingerprint density at radius 2 is 1.97 bits per heavy atom. The van der Waals surface area contributed by atoms with Crippen LogP contribution in [-0.2, 0) is 9.59 Å². The van der Waals surface area contributed by atoms with Crippen molar-refractivity contribution >= 4 is 57.6 Å². The van der Waals surface area contributed by atoms with Crippen LogP contribution in [0.25, 0.3) is 0 Å². The molecule has 30 heavy (non-hydrogen) atoms. The number of carbonyl (C=O) groups is 2. The van der Waals surface area contributed by atoms with E-state index in [0.29, 0.717) is 28.1 Å². The molecule has 2 heterocycles. The second kappa shape index (κ2) is 8.62. The van der Waals surface area contributed by atoms with Crippen LogP contribution in [0.2, 0.25) is 5.02 Å². The smallest absolute Gasteiger partial charge is 0.259 e. The highest BCUT2D eigenvalue weighted by Crippen LogP contribution is 2.35. The number of hydrogen-bond donors (Lipinski definition) is 1. The van der Waals surface area contributed by atoms with Gasteiger partial charge in [0.1, 0.15) is 11.9 Å². The minimum atomic E-state index is -0.496. The van der Waals surface area contributed by atoms with Gasteiger partial charge in [0.15, 0.2) is 5.17 Å². The van der Waals surface area contributed by atoms with Gasteiger partial charge in [-0.3, -0.25) is 14.6 Å². The van der Waals surface area contributed by atoms with Crippen molar-refractivity contribution in [1.29, 1.82) is 0 Å². The Bertz CT molecular complexity index is 1070. The quantitative estimate of drug-likeness (QED) is 0.721. The zero-order chi connectivity index (χ0) is 21.3. The topological polar surface area (TPSA) is 74.1 Å². The van der Waals surface area contributed by atoms with Crippen LogP contribution < -0.4 is 5.32 Å². The highest BCUT2D eigenvalue weighted by molar-refractivity contribution is 8.15. The number of amidine groups is 2. The number of nitrogens with zero attached hydrogens (tertiary/aromatic N) is 3. The average Bonchev–Trinajstić information content (AvgIpc) is 3.07. The highest BCUT2D eigenvalue weighted by Gasteiger charge is 2.41. The number of aliphatic imine (C=N–C) groups is 2. The first-order valence-corrected chi connectivity index (χ1v) is 11.1. The number of anilines is 1. The maximum Gasteiger partial charge on any atom is 0.259 e. The Hall–Kier alpha value is -2.64. The first-order chi connectivity index (χ1) is 14.5. The summed E-state index contributed by atoms with van der Waals surface area (Å²) in [4.78, 5) is 36.7. The number of halogens is 1. The van der Waals surface area contributed by atoms with Crippen molar-refractivity contribution in [3.8, 4) is 0 Å². The van der Waals surface area contributed by atoms with Gasteiger partial charge in [-0.1, -0.05) is 61.0 Å². The Balaban J connectivity index is 1.59. The third kappa shape index (κ3) is 3.87. The molecular formula is C22H21ClN4O2S. The molecule has 8 heteroatoms. The lowest BCUT2D eigenvalue weighted by atomic mass is 10.1. The summed E-state index contributed by atoms with van der Waals surface area (Å²) in [6, 6.07) is 14.3.